The van der Waals surface area contributed by atoms with E-state index < -0.39 is 27.5 Å². The molecule has 2 aromatic heterocycles. The van der Waals surface area contributed by atoms with Crippen LogP contribution in [-0.4, -0.2) is 64.1 Å². The maximum Gasteiger partial charge on any atom is 0.410 e. The first-order valence-corrected chi connectivity index (χ1v) is 14.9. The molecule has 0 bridgehead atoms. The normalized spacial score (nSPS) is 18.1. The van der Waals surface area contributed by atoms with Crippen molar-refractivity contribution in [3.05, 3.63) is 72.4 Å². The molecule has 216 valence electrons. The minimum atomic E-state index is -4.08. The van der Waals surface area contributed by atoms with Crippen molar-refractivity contribution in [1.82, 2.24) is 18.8 Å². The average molecular weight is 580 g/mol. The van der Waals surface area contributed by atoms with Crippen molar-refractivity contribution in [2.24, 2.45) is 0 Å². The molecule has 41 heavy (non-hydrogen) atoms. The first kappa shape index (κ1) is 28.5. The van der Waals surface area contributed by atoms with E-state index >= 15 is 4.39 Å². The van der Waals surface area contributed by atoms with Crippen LogP contribution in [0.2, 0.25) is 0 Å². The van der Waals surface area contributed by atoms with Gasteiger partial charge in [0.25, 0.3) is 10.0 Å². The van der Waals surface area contributed by atoms with Gasteiger partial charge in [-0.15, -0.1) is 0 Å². The lowest BCUT2D eigenvalue weighted by Crippen LogP contribution is -2.59. The van der Waals surface area contributed by atoms with Gasteiger partial charge in [0.15, 0.2) is 5.65 Å². The Hall–Kier alpha value is -3.99. The van der Waals surface area contributed by atoms with E-state index in [1.165, 1.54) is 18.6 Å². The third-order valence-electron chi connectivity index (χ3n) is 7.16. The Morgan fingerprint density at radius 2 is 1.66 bits per heavy atom. The predicted octanol–water partition coefficient (Wildman–Crippen LogP) is 5.62. The van der Waals surface area contributed by atoms with Crippen LogP contribution in [0.3, 0.4) is 0 Å². The molecule has 0 saturated carbocycles. The molecule has 4 aromatic rings. The quantitative estimate of drug-likeness (QED) is 0.310. The van der Waals surface area contributed by atoms with E-state index in [9.17, 15) is 13.2 Å². The largest absolute Gasteiger partial charge is 0.444 e. The highest BCUT2D eigenvalue weighted by Gasteiger charge is 2.37. The number of amides is 1. The highest BCUT2D eigenvalue weighted by Crippen LogP contribution is 2.39. The Morgan fingerprint density at radius 1 is 0.976 bits per heavy atom. The topological polar surface area (TPSA) is 97.6 Å². The van der Waals surface area contributed by atoms with E-state index in [4.69, 9.17) is 4.74 Å². The molecule has 5 rings (SSSR count). The second-order valence-electron chi connectivity index (χ2n) is 11.5. The Kier molecular flexibility index (Phi) is 7.27. The smallest absolute Gasteiger partial charge is 0.410 e. The zero-order valence-corrected chi connectivity index (χ0v) is 24.8. The second-order valence-corrected chi connectivity index (χ2v) is 13.3. The fraction of sp³-hybridized carbons (Fsp3) is 0.367. The highest BCUT2D eigenvalue weighted by molar-refractivity contribution is 7.90. The molecule has 1 aliphatic rings. The summed E-state index contributed by atoms with van der Waals surface area (Å²) in [6, 6.07) is 12.3. The van der Waals surface area contributed by atoms with Gasteiger partial charge in [0, 0.05) is 42.5 Å². The van der Waals surface area contributed by atoms with Gasteiger partial charge in [0.2, 0.25) is 0 Å². The fourth-order valence-corrected chi connectivity index (χ4v) is 6.44. The van der Waals surface area contributed by atoms with Crippen LogP contribution in [0.15, 0.2) is 66.0 Å². The summed E-state index contributed by atoms with van der Waals surface area (Å²) in [7, 11) is -4.08. The minimum absolute atomic E-state index is 0.0909. The van der Waals surface area contributed by atoms with Gasteiger partial charge in [-0.2, -0.15) is 0 Å². The maximum atomic E-state index is 15.2. The molecule has 1 saturated heterocycles. The van der Waals surface area contributed by atoms with Crippen molar-refractivity contribution in [2.75, 3.05) is 18.0 Å². The molecule has 1 fully saturated rings. The number of ether oxygens (including phenoxy) is 1. The number of hydrogen-bond acceptors (Lipinski definition) is 7. The number of nitrogens with zero attached hydrogens (tertiary/aromatic N) is 5. The van der Waals surface area contributed by atoms with Crippen molar-refractivity contribution in [3.8, 4) is 11.1 Å². The van der Waals surface area contributed by atoms with Gasteiger partial charge >= 0.3 is 6.09 Å². The highest BCUT2D eigenvalue weighted by atomic mass is 32.2. The van der Waals surface area contributed by atoms with Gasteiger partial charge in [-0.25, -0.2) is 31.5 Å². The zero-order valence-electron chi connectivity index (χ0n) is 24.0. The number of fused-ring (bicyclic) bond motifs is 1. The number of hydrogen-bond donors (Lipinski definition) is 0. The standard InChI is InChI=1S/C30H34FN5O4S/c1-19-11-13-22(14-12-19)41(38,39)36-17-24(23-9-7-8-10-25(23)31)26-27(32-18-33-28(26)36)34-15-21(3)35(16-20(34)2)29(37)40-30(4,5)6/h7-14,17-18,20-21H,15-16H2,1-6H3. The third-order valence-corrected chi connectivity index (χ3v) is 8.82. The zero-order chi connectivity index (χ0) is 29.7. The maximum absolute atomic E-state index is 15.2. The molecule has 2 atom stereocenters. The van der Waals surface area contributed by atoms with Gasteiger partial charge in [0.05, 0.1) is 10.3 Å². The van der Waals surface area contributed by atoms with E-state index in [1.807, 2.05) is 46.4 Å². The van der Waals surface area contributed by atoms with Gasteiger partial charge < -0.3 is 14.5 Å². The first-order valence-electron chi connectivity index (χ1n) is 13.5. The molecule has 3 heterocycles. The number of halogens is 1. The number of rotatable bonds is 4. The van der Waals surface area contributed by atoms with E-state index in [0.29, 0.717) is 29.9 Å². The van der Waals surface area contributed by atoms with Crippen LogP contribution in [0.1, 0.15) is 40.2 Å². The molecular formula is C30H34FN5O4S. The summed E-state index contributed by atoms with van der Waals surface area (Å²) in [5.74, 6) is -0.0282. The molecule has 0 aliphatic carbocycles. The summed E-state index contributed by atoms with van der Waals surface area (Å²) in [6.45, 7) is 12.0. The van der Waals surface area contributed by atoms with E-state index in [2.05, 4.69) is 9.97 Å². The molecule has 1 aliphatic heterocycles. The summed E-state index contributed by atoms with van der Waals surface area (Å²) in [5, 5.41) is 0.415. The van der Waals surface area contributed by atoms with Gasteiger partial charge in [-0.1, -0.05) is 35.9 Å². The summed E-state index contributed by atoms with van der Waals surface area (Å²) in [4.78, 5) is 25.7. The number of aryl methyl sites for hydroxylation is 1. The Bertz CT molecular complexity index is 1710. The van der Waals surface area contributed by atoms with Crippen LogP contribution in [0.5, 0.6) is 0 Å². The average Bonchev–Trinajstić information content (AvgIpc) is 3.30. The molecule has 0 spiro atoms. The van der Waals surface area contributed by atoms with Gasteiger partial charge in [0.1, 0.15) is 23.6 Å². The summed E-state index contributed by atoms with van der Waals surface area (Å²) >= 11 is 0. The number of aromatic nitrogens is 3. The number of benzene rings is 2. The van der Waals surface area contributed by atoms with E-state index in [-0.39, 0.29) is 28.2 Å². The Labute approximate surface area is 239 Å². The molecule has 11 heteroatoms. The van der Waals surface area contributed by atoms with Crippen molar-refractivity contribution in [2.45, 2.75) is 64.1 Å². The molecule has 9 nitrogen and oxygen atoms in total. The molecular weight excluding hydrogens is 545 g/mol. The van der Waals surface area contributed by atoms with Crippen LogP contribution in [0.4, 0.5) is 15.0 Å². The van der Waals surface area contributed by atoms with Crippen molar-refractivity contribution >= 4 is 33.0 Å². The molecule has 0 N–H and O–H groups in total. The molecule has 2 unspecified atom stereocenters. The number of anilines is 1. The summed E-state index contributed by atoms with van der Waals surface area (Å²) in [6.07, 6.45) is 2.34. The number of piperazine rings is 1. The van der Waals surface area contributed by atoms with Crippen LogP contribution in [-0.2, 0) is 14.8 Å². The van der Waals surface area contributed by atoms with Gasteiger partial charge in [-0.05, 0) is 59.7 Å². The van der Waals surface area contributed by atoms with Crippen LogP contribution in [0.25, 0.3) is 22.2 Å². The first-order chi connectivity index (χ1) is 19.3. The lowest BCUT2D eigenvalue weighted by atomic mass is 10.0. The summed E-state index contributed by atoms with van der Waals surface area (Å²) in [5.41, 5.74) is 1.03. The minimum Gasteiger partial charge on any atom is -0.444 e. The van der Waals surface area contributed by atoms with Crippen LogP contribution in [0, 0.1) is 12.7 Å². The third kappa shape index (κ3) is 5.38. The Morgan fingerprint density at radius 3 is 2.32 bits per heavy atom. The van der Waals surface area contributed by atoms with E-state index in [0.717, 1.165) is 9.54 Å². The van der Waals surface area contributed by atoms with Crippen LogP contribution < -0.4 is 4.90 Å². The van der Waals surface area contributed by atoms with Gasteiger partial charge in [-0.3, -0.25) is 0 Å². The lowest BCUT2D eigenvalue weighted by Gasteiger charge is -2.44. The van der Waals surface area contributed by atoms with Crippen molar-refractivity contribution < 1.29 is 22.3 Å². The SMILES string of the molecule is Cc1ccc(S(=O)(=O)n2cc(-c3ccccc3F)c3c(N4CC(C)N(C(=O)OC(C)(C)C)CC4C)ncnc32)cc1. The fourth-order valence-electron chi connectivity index (χ4n) is 5.12. The lowest BCUT2D eigenvalue weighted by molar-refractivity contribution is 0.0130. The predicted molar refractivity (Wildman–Crippen MR) is 156 cm³/mol. The molecule has 1 amide bonds. The Balaban J connectivity index is 1.66. The van der Waals surface area contributed by atoms with Crippen molar-refractivity contribution in [1.29, 1.82) is 0 Å². The monoisotopic (exact) mass is 579 g/mol. The molecule has 2 aromatic carbocycles. The second kappa shape index (κ2) is 10.4. The van der Waals surface area contributed by atoms with E-state index in [1.54, 1.807) is 47.4 Å². The van der Waals surface area contributed by atoms with Crippen molar-refractivity contribution in [3.63, 3.8) is 0 Å². The van der Waals surface area contributed by atoms with Crippen LogP contribution >= 0.6 is 0 Å². The molecule has 0 radical (unpaired) electrons. The number of carbonyl (C=O) groups is 1. The summed E-state index contributed by atoms with van der Waals surface area (Å²) < 4.78 is 49.6. The number of carbonyl (C=O) groups excluding carboxylic acids is 1.